The van der Waals surface area contributed by atoms with Crippen molar-refractivity contribution in [1.29, 1.82) is 0 Å². The maximum absolute atomic E-state index is 12.3. The van der Waals surface area contributed by atoms with Crippen molar-refractivity contribution in [2.45, 2.75) is 115 Å². The van der Waals surface area contributed by atoms with Crippen LogP contribution in [0.2, 0.25) is 0 Å². The Labute approximate surface area is 331 Å². The van der Waals surface area contributed by atoms with Gasteiger partial charge in [-0.1, -0.05) is 91.0 Å². The van der Waals surface area contributed by atoms with Gasteiger partial charge in [-0.3, -0.25) is 19.1 Å². The van der Waals surface area contributed by atoms with Crippen LogP contribution in [0.5, 0.6) is 0 Å². The molecule has 15 heteroatoms. The van der Waals surface area contributed by atoms with Gasteiger partial charge in [-0.15, -0.1) is 0 Å². The van der Waals surface area contributed by atoms with Gasteiger partial charge in [-0.25, -0.2) is 0 Å². The SMILES string of the molecule is CO[C@H]1O[C@H](CO[C@]2(C)O[C@H]3O[C@H](COC(C)=O)[C@@H](OC(C)=O)[C@H](OC(C)=O)[C@H]3O2)[C@@H](OCc2ccccc2)[C@H](OCc2ccccc2)[C@H]1OCc1ccccc1. The second-order valence-electron chi connectivity index (χ2n) is 13.9. The molecule has 3 fully saturated rings. The van der Waals surface area contributed by atoms with E-state index < -0.39 is 85.3 Å². The molecule has 0 aliphatic carbocycles. The fourth-order valence-electron chi connectivity index (χ4n) is 6.95. The minimum absolute atomic E-state index is 0.172. The van der Waals surface area contributed by atoms with Crippen molar-refractivity contribution in [3.63, 3.8) is 0 Å². The summed E-state index contributed by atoms with van der Waals surface area (Å²) in [6.07, 6.45) is -9.76. The summed E-state index contributed by atoms with van der Waals surface area (Å²) < 4.78 is 73.5. The Morgan fingerprint density at radius 2 is 1.07 bits per heavy atom. The van der Waals surface area contributed by atoms with Crippen molar-refractivity contribution in [2.24, 2.45) is 0 Å². The zero-order valence-electron chi connectivity index (χ0n) is 32.6. The van der Waals surface area contributed by atoms with E-state index >= 15 is 0 Å². The summed E-state index contributed by atoms with van der Waals surface area (Å²) >= 11 is 0. The number of benzene rings is 3. The highest BCUT2D eigenvalue weighted by molar-refractivity contribution is 5.68. The number of carbonyl (C=O) groups excluding carboxylic acids is 3. The van der Waals surface area contributed by atoms with E-state index in [2.05, 4.69) is 0 Å². The molecule has 15 nitrogen and oxygen atoms in total. The number of carbonyl (C=O) groups is 3. The van der Waals surface area contributed by atoms with E-state index in [1.807, 2.05) is 91.0 Å². The van der Waals surface area contributed by atoms with Crippen molar-refractivity contribution < 1.29 is 71.2 Å². The molecule has 0 bridgehead atoms. The molecule has 0 radical (unpaired) electrons. The first kappa shape index (κ1) is 42.3. The number of methoxy groups -OCH3 is 1. The number of fused-ring (bicyclic) bond motifs is 1. The molecule has 0 unspecified atom stereocenters. The molecule has 0 amide bonds. The second kappa shape index (κ2) is 19.9. The summed E-state index contributed by atoms with van der Waals surface area (Å²) in [5.74, 6) is -3.74. The molecular formula is C42H50O15. The van der Waals surface area contributed by atoms with Gasteiger partial charge in [-0.2, -0.15) is 0 Å². The fraction of sp³-hybridized carbons (Fsp3) is 0.500. The Morgan fingerprint density at radius 3 is 1.58 bits per heavy atom. The average molecular weight is 795 g/mol. The minimum atomic E-state index is -1.80. The normalized spacial score (nSPS) is 30.9. The van der Waals surface area contributed by atoms with Gasteiger partial charge >= 0.3 is 17.9 Å². The summed E-state index contributed by atoms with van der Waals surface area (Å²) in [6, 6.07) is 29.2. The zero-order valence-corrected chi connectivity index (χ0v) is 32.6. The van der Waals surface area contributed by atoms with Crippen LogP contribution in [0.25, 0.3) is 0 Å². The highest BCUT2D eigenvalue weighted by atomic mass is 16.9. The molecule has 3 aromatic carbocycles. The Morgan fingerprint density at radius 1 is 0.579 bits per heavy atom. The molecule has 3 aliphatic rings. The van der Waals surface area contributed by atoms with E-state index in [-0.39, 0.29) is 33.0 Å². The molecule has 3 saturated heterocycles. The van der Waals surface area contributed by atoms with Gasteiger partial charge in [0.2, 0.25) is 0 Å². The van der Waals surface area contributed by atoms with E-state index in [1.54, 1.807) is 0 Å². The number of esters is 3. The van der Waals surface area contributed by atoms with Gasteiger partial charge < -0.3 is 52.1 Å². The Kier molecular flexibility index (Phi) is 14.8. The lowest BCUT2D eigenvalue weighted by atomic mass is 9.97. The average Bonchev–Trinajstić information content (AvgIpc) is 3.54. The van der Waals surface area contributed by atoms with Crippen LogP contribution < -0.4 is 0 Å². The van der Waals surface area contributed by atoms with Crippen LogP contribution in [0.4, 0.5) is 0 Å². The summed E-state index contributed by atoms with van der Waals surface area (Å²) in [6.45, 7) is 5.37. The van der Waals surface area contributed by atoms with Crippen molar-refractivity contribution in [1.82, 2.24) is 0 Å². The molecule has 308 valence electrons. The lowest BCUT2D eigenvalue weighted by Gasteiger charge is -2.46. The first-order valence-electron chi connectivity index (χ1n) is 18.8. The molecule has 6 rings (SSSR count). The molecule has 0 spiro atoms. The van der Waals surface area contributed by atoms with Crippen molar-refractivity contribution in [2.75, 3.05) is 20.3 Å². The highest BCUT2D eigenvalue weighted by Gasteiger charge is 2.60. The molecule has 3 aliphatic heterocycles. The Balaban J connectivity index is 1.26. The van der Waals surface area contributed by atoms with Gasteiger partial charge in [0.05, 0.1) is 26.4 Å². The lowest BCUT2D eigenvalue weighted by Crippen LogP contribution is -2.62. The Bertz CT molecular complexity index is 1730. The number of hydrogen-bond acceptors (Lipinski definition) is 15. The van der Waals surface area contributed by atoms with Crippen LogP contribution in [-0.2, 0) is 91.0 Å². The highest BCUT2D eigenvalue weighted by Crippen LogP contribution is 2.40. The van der Waals surface area contributed by atoms with Crippen LogP contribution >= 0.6 is 0 Å². The number of ether oxygens (including phenoxy) is 12. The number of rotatable bonds is 17. The smallest absolute Gasteiger partial charge is 0.303 e. The zero-order chi connectivity index (χ0) is 40.4. The minimum Gasteiger partial charge on any atom is -0.463 e. The van der Waals surface area contributed by atoms with Crippen molar-refractivity contribution >= 4 is 17.9 Å². The first-order chi connectivity index (χ1) is 27.5. The standard InChI is InChI=1S/C42H50O15/c1-26(43)47-24-32-35(52-27(2)44)37(53-28(3)45)39-41(55-32)57-42(4,56-39)51-25-33-34(48-21-29-15-9-6-10-16-29)36(49-22-30-17-11-7-12-18-30)38(40(46-5)54-33)50-23-31-19-13-8-14-20-31/h6-20,32-41H,21-25H2,1-5H3/t32-,33-,34-,35-,36+,37+,38-,39-,40+,41-,42+/m1/s1. The topological polar surface area (TPSA) is 162 Å². The quantitative estimate of drug-likeness (QED) is 0.140. The van der Waals surface area contributed by atoms with Gasteiger partial charge in [0, 0.05) is 34.8 Å². The molecular weight excluding hydrogens is 744 g/mol. The molecule has 0 saturated carbocycles. The molecule has 57 heavy (non-hydrogen) atoms. The van der Waals surface area contributed by atoms with Gasteiger partial charge in [0.25, 0.3) is 5.97 Å². The van der Waals surface area contributed by atoms with Crippen molar-refractivity contribution in [3.05, 3.63) is 108 Å². The van der Waals surface area contributed by atoms with E-state index in [1.165, 1.54) is 34.8 Å². The van der Waals surface area contributed by atoms with E-state index in [0.717, 1.165) is 16.7 Å². The summed E-state index contributed by atoms with van der Waals surface area (Å²) in [5.41, 5.74) is 2.82. The predicted molar refractivity (Wildman–Crippen MR) is 197 cm³/mol. The molecule has 3 heterocycles. The third-order valence-corrected chi connectivity index (χ3v) is 9.52. The van der Waals surface area contributed by atoms with Crippen LogP contribution in [0.1, 0.15) is 44.4 Å². The number of hydrogen-bond donors (Lipinski definition) is 0. The summed E-state index contributed by atoms with van der Waals surface area (Å²) in [5, 5.41) is 0. The van der Waals surface area contributed by atoms with E-state index in [0.29, 0.717) is 0 Å². The second-order valence-corrected chi connectivity index (χ2v) is 13.9. The van der Waals surface area contributed by atoms with Gasteiger partial charge in [-0.05, 0) is 16.7 Å². The van der Waals surface area contributed by atoms with E-state index in [4.69, 9.17) is 56.8 Å². The molecule has 0 N–H and O–H groups in total. The van der Waals surface area contributed by atoms with Crippen molar-refractivity contribution in [3.8, 4) is 0 Å². The van der Waals surface area contributed by atoms with E-state index in [9.17, 15) is 14.4 Å². The third-order valence-electron chi connectivity index (χ3n) is 9.52. The summed E-state index contributed by atoms with van der Waals surface area (Å²) in [4.78, 5) is 36.2. The monoisotopic (exact) mass is 794 g/mol. The summed E-state index contributed by atoms with van der Waals surface area (Å²) in [7, 11) is 1.52. The maximum atomic E-state index is 12.3. The van der Waals surface area contributed by atoms with Crippen LogP contribution in [0, 0.1) is 0 Å². The molecule has 0 aromatic heterocycles. The largest absolute Gasteiger partial charge is 0.463 e. The lowest BCUT2D eigenvalue weighted by molar-refractivity contribution is -0.370. The maximum Gasteiger partial charge on any atom is 0.303 e. The Hall–Kier alpha value is -4.29. The van der Waals surface area contributed by atoms with Gasteiger partial charge in [0.1, 0.15) is 37.1 Å². The first-order valence-corrected chi connectivity index (χ1v) is 18.8. The molecule has 3 aromatic rings. The van der Waals surface area contributed by atoms with Crippen LogP contribution in [0.15, 0.2) is 91.0 Å². The third kappa shape index (κ3) is 11.4. The van der Waals surface area contributed by atoms with Gasteiger partial charge in [0.15, 0.2) is 30.9 Å². The van der Waals surface area contributed by atoms with Crippen LogP contribution in [-0.4, -0.2) is 106 Å². The fourth-order valence-corrected chi connectivity index (χ4v) is 6.95. The van der Waals surface area contributed by atoms with Crippen LogP contribution in [0.3, 0.4) is 0 Å². The molecule has 11 atom stereocenters. The predicted octanol–water partition coefficient (Wildman–Crippen LogP) is 4.37.